The van der Waals surface area contributed by atoms with Gasteiger partial charge in [0.1, 0.15) is 18.0 Å². The van der Waals surface area contributed by atoms with Gasteiger partial charge >= 0.3 is 0 Å². The number of rotatable bonds is 8. The Morgan fingerprint density at radius 2 is 2.10 bits per heavy atom. The van der Waals surface area contributed by atoms with Crippen molar-refractivity contribution in [2.75, 3.05) is 19.8 Å². The van der Waals surface area contributed by atoms with E-state index in [0.29, 0.717) is 23.2 Å². The van der Waals surface area contributed by atoms with Crippen molar-refractivity contribution in [1.29, 1.82) is 0 Å². The third-order valence-electron chi connectivity index (χ3n) is 5.58. The minimum atomic E-state index is -0.910. The van der Waals surface area contributed by atoms with E-state index in [1.54, 1.807) is 19.1 Å². The molecule has 1 amide bonds. The minimum Gasteiger partial charge on any atom is -0.473 e. The second kappa shape index (κ2) is 8.88. The number of halogens is 1. The van der Waals surface area contributed by atoms with Crippen LogP contribution >= 0.6 is 11.6 Å². The molecule has 2 heterocycles. The third kappa shape index (κ3) is 5.09. The molecule has 1 saturated heterocycles. The van der Waals surface area contributed by atoms with Gasteiger partial charge in [0.2, 0.25) is 5.88 Å². The first-order chi connectivity index (χ1) is 14.4. The molecule has 2 N–H and O–H groups in total. The first kappa shape index (κ1) is 21.0. The number of nitrogens with zero attached hydrogens (tertiary/aromatic N) is 2. The lowest BCUT2D eigenvalue weighted by Crippen LogP contribution is -2.42. The zero-order chi connectivity index (χ0) is 21.1. The molecule has 4 rings (SSSR count). The highest BCUT2D eigenvalue weighted by Gasteiger charge is 2.40. The predicted octanol–water partition coefficient (Wildman–Crippen LogP) is 3.25. The molecule has 1 aliphatic carbocycles. The highest BCUT2D eigenvalue weighted by Crippen LogP contribution is 2.39. The van der Waals surface area contributed by atoms with E-state index >= 15 is 0 Å². The summed E-state index contributed by atoms with van der Waals surface area (Å²) in [5, 5.41) is 13.8. The number of aromatic nitrogens is 2. The van der Waals surface area contributed by atoms with Crippen LogP contribution in [-0.2, 0) is 4.74 Å². The fourth-order valence-corrected chi connectivity index (χ4v) is 3.66. The largest absolute Gasteiger partial charge is 0.473 e. The Kier molecular flexibility index (Phi) is 6.22. The van der Waals surface area contributed by atoms with Crippen LogP contribution in [0.25, 0.3) is 11.3 Å². The number of carbonyl (C=O) groups is 1. The van der Waals surface area contributed by atoms with Crippen molar-refractivity contribution in [2.24, 2.45) is 5.92 Å². The molecular weight excluding hydrogens is 406 g/mol. The van der Waals surface area contributed by atoms with Crippen LogP contribution in [-0.4, -0.2) is 52.4 Å². The number of carbonyl (C=O) groups excluding carboxylic acids is 1. The Labute approximate surface area is 180 Å². The van der Waals surface area contributed by atoms with Crippen LogP contribution in [0.5, 0.6) is 5.88 Å². The molecule has 0 bridgehead atoms. The van der Waals surface area contributed by atoms with E-state index < -0.39 is 5.60 Å². The molecule has 0 unspecified atom stereocenters. The average Bonchev–Trinajstić information content (AvgIpc) is 3.49. The van der Waals surface area contributed by atoms with Gasteiger partial charge in [-0.3, -0.25) is 4.79 Å². The summed E-state index contributed by atoms with van der Waals surface area (Å²) in [6.45, 7) is 3.04. The maximum atomic E-state index is 12.6. The summed E-state index contributed by atoms with van der Waals surface area (Å²) in [4.78, 5) is 21.5. The summed E-state index contributed by atoms with van der Waals surface area (Å²) >= 11 is 6.01. The molecule has 1 aliphatic heterocycles. The van der Waals surface area contributed by atoms with Gasteiger partial charge in [-0.1, -0.05) is 23.7 Å². The molecule has 2 aromatic rings. The fourth-order valence-electron chi connectivity index (χ4n) is 3.54. The van der Waals surface area contributed by atoms with Gasteiger partial charge in [0, 0.05) is 23.7 Å². The van der Waals surface area contributed by atoms with Crippen LogP contribution in [0, 0.1) is 5.92 Å². The van der Waals surface area contributed by atoms with E-state index in [1.165, 1.54) is 6.20 Å². The number of nitrogens with one attached hydrogen (secondary N) is 1. The molecule has 1 saturated carbocycles. The summed E-state index contributed by atoms with van der Waals surface area (Å²) in [6.07, 6.45) is 5.38. The smallest absolute Gasteiger partial charge is 0.271 e. The lowest BCUT2D eigenvalue weighted by atomic mass is 10.0. The topological polar surface area (TPSA) is 93.6 Å². The van der Waals surface area contributed by atoms with E-state index in [4.69, 9.17) is 21.1 Å². The number of aliphatic hydroxyl groups is 1. The molecule has 30 heavy (non-hydrogen) atoms. The van der Waals surface area contributed by atoms with Crippen molar-refractivity contribution < 1.29 is 19.4 Å². The van der Waals surface area contributed by atoms with E-state index in [-0.39, 0.29) is 30.2 Å². The molecule has 2 fully saturated rings. The van der Waals surface area contributed by atoms with Crippen molar-refractivity contribution in [3.05, 3.63) is 41.2 Å². The van der Waals surface area contributed by atoms with Crippen LogP contribution in [0.15, 0.2) is 30.5 Å². The van der Waals surface area contributed by atoms with Gasteiger partial charge in [-0.2, -0.15) is 0 Å². The average molecular weight is 432 g/mol. The van der Waals surface area contributed by atoms with Crippen molar-refractivity contribution in [3.8, 4) is 17.1 Å². The molecule has 0 spiro atoms. The van der Waals surface area contributed by atoms with Crippen molar-refractivity contribution in [3.63, 3.8) is 0 Å². The lowest BCUT2D eigenvalue weighted by Gasteiger charge is -2.23. The summed E-state index contributed by atoms with van der Waals surface area (Å²) < 4.78 is 11.5. The minimum absolute atomic E-state index is 0.0394. The highest BCUT2D eigenvalue weighted by atomic mass is 35.5. The number of ether oxygens (including phenoxy) is 2. The molecular formula is C22H26ClN3O4. The molecule has 8 heteroatoms. The van der Waals surface area contributed by atoms with Gasteiger partial charge in [-0.15, -0.1) is 0 Å². The van der Waals surface area contributed by atoms with Crippen LogP contribution in [0.1, 0.15) is 43.1 Å². The third-order valence-corrected chi connectivity index (χ3v) is 5.83. The Morgan fingerprint density at radius 1 is 1.33 bits per heavy atom. The number of amides is 1. The van der Waals surface area contributed by atoms with E-state index in [1.807, 2.05) is 12.1 Å². The van der Waals surface area contributed by atoms with Crippen LogP contribution in [0.3, 0.4) is 0 Å². The van der Waals surface area contributed by atoms with E-state index in [2.05, 4.69) is 15.3 Å². The Morgan fingerprint density at radius 3 is 2.77 bits per heavy atom. The Bertz CT molecular complexity index is 894. The predicted molar refractivity (Wildman–Crippen MR) is 113 cm³/mol. The van der Waals surface area contributed by atoms with Crippen molar-refractivity contribution in [2.45, 2.75) is 44.3 Å². The van der Waals surface area contributed by atoms with Crippen LogP contribution in [0.4, 0.5) is 0 Å². The van der Waals surface area contributed by atoms with Crippen molar-refractivity contribution >= 4 is 17.5 Å². The summed E-state index contributed by atoms with van der Waals surface area (Å²) in [5.74, 6) is 0.195. The van der Waals surface area contributed by atoms with Gasteiger partial charge in [-0.25, -0.2) is 9.97 Å². The maximum Gasteiger partial charge on any atom is 0.271 e. The number of hydrogen-bond donors (Lipinski definition) is 2. The van der Waals surface area contributed by atoms with Crippen molar-refractivity contribution in [1.82, 2.24) is 15.3 Å². The molecule has 1 aromatic carbocycles. The molecule has 1 aromatic heterocycles. The highest BCUT2D eigenvalue weighted by molar-refractivity contribution is 6.30. The first-order valence-electron chi connectivity index (χ1n) is 10.3. The Hall–Kier alpha value is -2.22. The maximum absolute atomic E-state index is 12.6. The molecule has 160 valence electrons. The monoisotopic (exact) mass is 431 g/mol. The second-order valence-electron chi connectivity index (χ2n) is 8.18. The zero-order valence-electron chi connectivity index (χ0n) is 16.9. The van der Waals surface area contributed by atoms with Gasteiger partial charge in [-0.05, 0) is 50.7 Å². The second-order valence-corrected chi connectivity index (χ2v) is 8.61. The van der Waals surface area contributed by atoms with Gasteiger partial charge in [0.15, 0.2) is 0 Å². The van der Waals surface area contributed by atoms with E-state index in [9.17, 15) is 9.90 Å². The standard InChI is InChI=1S/C22H26ClN3O4/c1-22(28,15-6-7-15)13-25-20(27)18-11-24-21(30-12-17-3-2-10-29-17)19(26-18)14-4-8-16(23)9-5-14/h4-5,8-9,11,15,17,28H,2-3,6-7,10,12-13H2,1H3,(H,25,27)/t17-,22-/m1/s1. The SMILES string of the molecule is C[C@@](O)(CNC(=O)c1cnc(OC[C@H]2CCCO2)c(-c2ccc(Cl)cc2)n1)C1CC1. The van der Waals surface area contributed by atoms with Gasteiger partial charge in [0.05, 0.1) is 17.9 Å². The van der Waals surface area contributed by atoms with E-state index in [0.717, 1.165) is 37.9 Å². The summed E-state index contributed by atoms with van der Waals surface area (Å²) in [6, 6.07) is 7.12. The zero-order valence-corrected chi connectivity index (χ0v) is 17.7. The molecule has 7 nitrogen and oxygen atoms in total. The fraction of sp³-hybridized carbons (Fsp3) is 0.500. The quantitative estimate of drug-likeness (QED) is 0.666. The summed E-state index contributed by atoms with van der Waals surface area (Å²) in [7, 11) is 0. The molecule has 0 radical (unpaired) electrons. The number of benzene rings is 1. The van der Waals surface area contributed by atoms with Crippen LogP contribution in [0.2, 0.25) is 5.02 Å². The molecule has 2 aliphatic rings. The first-order valence-corrected chi connectivity index (χ1v) is 10.7. The van der Waals surface area contributed by atoms with Gasteiger partial charge < -0.3 is 19.9 Å². The lowest BCUT2D eigenvalue weighted by molar-refractivity contribution is 0.0353. The van der Waals surface area contributed by atoms with Gasteiger partial charge in [0.25, 0.3) is 5.91 Å². The normalized spacial score (nSPS) is 20.6. The number of hydrogen-bond acceptors (Lipinski definition) is 6. The summed E-state index contributed by atoms with van der Waals surface area (Å²) in [5.41, 5.74) is 0.461. The van der Waals surface area contributed by atoms with Crippen LogP contribution < -0.4 is 10.1 Å². The Balaban J connectivity index is 1.53. The molecule has 2 atom stereocenters.